The molecule has 0 aromatic heterocycles. The second kappa shape index (κ2) is 9.11. The fourth-order valence-corrected chi connectivity index (χ4v) is 3.62. The maximum atomic E-state index is 5.63. The Morgan fingerprint density at radius 3 is 2.58 bits per heavy atom. The lowest BCUT2D eigenvalue weighted by molar-refractivity contribution is 0.308. The van der Waals surface area contributed by atoms with Crippen molar-refractivity contribution in [1.82, 2.24) is 10.2 Å². The van der Waals surface area contributed by atoms with Crippen molar-refractivity contribution in [3.8, 4) is 11.5 Å². The van der Waals surface area contributed by atoms with Gasteiger partial charge in [-0.3, -0.25) is 0 Å². The van der Waals surface area contributed by atoms with E-state index in [0.29, 0.717) is 0 Å². The summed E-state index contributed by atoms with van der Waals surface area (Å²) in [6, 6.07) is 4.43. The number of nitrogens with zero attached hydrogens (tertiary/aromatic N) is 1. The van der Waals surface area contributed by atoms with Gasteiger partial charge < -0.3 is 19.7 Å². The normalized spacial score (nSPS) is 16.5. The number of ether oxygens (including phenoxy) is 2. The van der Waals surface area contributed by atoms with Crippen LogP contribution in [0, 0.1) is 0 Å². The summed E-state index contributed by atoms with van der Waals surface area (Å²) in [6.07, 6.45) is 5.97. The molecule has 1 atom stereocenters. The first kappa shape index (κ1) is 18.8. The minimum Gasteiger partial charge on any atom is -0.493 e. The Morgan fingerprint density at radius 2 is 1.92 bits per heavy atom. The zero-order chi connectivity index (χ0) is 17.5. The zero-order valence-electron chi connectivity index (χ0n) is 15.4. The van der Waals surface area contributed by atoms with Crippen molar-refractivity contribution in [3.63, 3.8) is 0 Å². The number of rotatable bonds is 7. The number of thiocarbonyl (C=S) groups is 1. The van der Waals surface area contributed by atoms with E-state index in [0.717, 1.165) is 36.1 Å². The van der Waals surface area contributed by atoms with Crippen LogP contribution in [0.15, 0.2) is 12.1 Å². The summed E-state index contributed by atoms with van der Waals surface area (Å²) >= 11 is 5.63. The zero-order valence-corrected chi connectivity index (χ0v) is 16.2. The number of hydrogen-bond acceptors (Lipinski definition) is 3. The van der Waals surface area contributed by atoms with E-state index in [1.54, 1.807) is 14.2 Å². The molecule has 24 heavy (non-hydrogen) atoms. The van der Waals surface area contributed by atoms with Crippen LogP contribution < -0.4 is 14.8 Å². The van der Waals surface area contributed by atoms with Gasteiger partial charge in [0, 0.05) is 13.1 Å². The van der Waals surface area contributed by atoms with Gasteiger partial charge in [0.2, 0.25) is 0 Å². The molecular formula is C19H30N2O2S. The van der Waals surface area contributed by atoms with E-state index >= 15 is 0 Å². The van der Waals surface area contributed by atoms with E-state index in [4.69, 9.17) is 21.7 Å². The maximum Gasteiger partial charge on any atom is 0.169 e. The van der Waals surface area contributed by atoms with Crippen LogP contribution in [0.5, 0.6) is 11.5 Å². The number of nitrogens with one attached hydrogen (secondary N) is 1. The van der Waals surface area contributed by atoms with Crippen molar-refractivity contribution in [3.05, 3.63) is 23.3 Å². The predicted octanol–water partition coefficient (Wildman–Crippen LogP) is 4.08. The van der Waals surface area contributed by atoms with E-state index in [-0.39, 0.29) is 6.04 Å². The average molecular weight is 351 g/mol. The summed E-state index contributed by atoms with van der Waals surface area (Å²) in [7, 11) is 3.36. The third-order valence-corrected chi connectivity index (χ3v) is 5.13. The fraction of sp³-hybridized carbons (Fsp3) is 0.632. The lowest BCUT2D eigenvalue weighted by Crippen LogP contribution is -2.44. The molecule has 1 N–H and O–H groups in total. The van der Waals surface area contributed by atoms with Crippen LogP contribution in [0.25, 0.3) is 0 Å². The molecular weight excluding hydrogens is 320 g/mol. The monoisotopic (exact) mass is 350 g/mol. The van der Waals surface area contributed by atoms with Gasteiger partial charge >= 0.3 is 0 Å². The summed E-state index contributed by atoms with van der Waals surface area (Å²) in [6.45, 7) is 6.33. The molecule has 5 heteroatoms. The number of methoxy groups -OCH3 is 2. The van der Waals surface area contributed by atoms with Crippen LogP contribution in [0.4, 0.5) is 0 Å². The standard InChI is InChI=1S/C19H30N2O2S/c1-5-6-7-8-10-20-19(24)21-11-9-15-12-17(22-3)18(23-4)13-16(15)14(21)2/h12-14H,5-11H2,1-4H3,(H,20,24)/t14-/m0/s1. The second-order valence-electron chi connectivity index (χ2n) is 6.32. The largest absolute Gasteiger partial charge is 0.493 e. The lowest BCUT2D eigenvalue weighted by Gasteiger charge is -2.37. The van der Waals surface area contributed by atoms with Gasteiger partial charge in [0.15, 0.2) is 16.6 Å². The molecule has 4 nitrogen and oxygen atoms in total. The first-order valence-electron chi connectivity index (χ1n) is 8.91. The van der Waals surface area contributed by atoms with E-state index in [2.05, 4.69) is 36.2 Å². The molecule has 1 aromatic carbocycles. The van der Waals surface area contributed by atoms with E-state index in [1.165, 1.54) is 36.8 Å². The van der Waals surface area contributed by atoms with Crippen molar-refractivity contribution in [2.24, 2.45) is 0 Å². The van der Waals surface area contributed by atoms with Crippen LogP contribution in [0.2, 0.25) is 0 Å². The molecule has 2 rings (SSSR count). The first-order chi connectivity index (χ1) is 11.6. The molecule has 1 heterocycles. The first-order valence-corrected chi connectivity index (χ1v) is 9.32. The van der Waals surface area contributed by atoms with Crippen molar-refractivity contribution in [2.75, 3.05) is 27.3 Å². The van der Waals surface area contributed by atoms with Crippen molar-refractivity contribution < 1.29 is 9.47 Å². The van der Waals surface area contributed by atoms with Crippen LogP contribution in [0.1, 0.15) is 56.7 Å². The van der Waals surface area contributed by atoms with Gasteiger partial charge in [0.1, 0.15) is 0 Å². The summed E-state index contributed by atoms with van der Waals surface area (Å²) in [5.41, 5.74) is 2.59. The van der Waals surface area contributed by atoms with Crippen molar-refractivity contribution >= 4 is 17.3 Å². The number of unbranched alkanes of at least 4 members (excludes halogenated alkanes) is 3. The average Bonchev–Trinajstić information content (AvgIpc) is 2.60. The smallest absolute Gasteiger partial charge is 0.169 e. The van der Waals surface area contributed by atoms with Gasteiger partial charge in [0.25, 0.3) is 0 Å². The van der Waals surface area contributed by atoms with Gasteiger partial charge in [-0.25, -0.2) is 0 Å². The molecule has 1 aliphatic rings. The molecule has 0 radical (unpaired) electrons. The lowest BCUT2D eigenvalue weighted by atomic mass is 9.93. The predicted molar refractivity (Wildman–Crippen MR) is 103 cm³/mol. The molecule has 0 bridgehead atoms. The summed E-state index contributed by atoms with van der Waals surface area (Å²) in [5.74, 6) is 1.58. The second-order valence-corrected chi connectivity index (χ2v) is 6.70. The van der Waals surface area contributed by atoms with Gasteiger partial charge in [-0.05, 0) is 55.2 Å². The minimum absolute atomic E-state index is 0.240. The van der Waals surface area contributed by atoms with Crippen LogP contribution in [-0.2, 0) is 6.42 Å². The third-order valence-electron chi connectivity index (χ3n) is 4.75. The van der Waals surface area contributed by atoms with Gasteiger partial charge in [0.05, 0.1) is 20.3 Å². The molecule has 0 fully saturated rings. The highest BCUT2D eigenvalue weighted by Crippen LogP contribution is 2.37. The van der Waals surface area contributed by atoms with Crippen LogP contribution in [0.3, 0.4) is 0 Å². The Labute approximate surface area is 151 Å². The van der Waals surface area contributed by atoms with Crippen LogP contribution in [-0.4, -0.2) is 37.3 Å². The molecule has 1 aromatic rings. The Kier molecular flexibility index (Phi) is 7.16. The molecule has 0 saturated carbocycles. The maximum absolute atomic E-state index is 5.63. The molecule has 0 saturated heterocycles. The molecule has 0 amide bonds. The minimum atomic E-state index is 0.240. The van der Waals surface area contributed by atoms with Gasteiger partial charge in [-0.2, -0.15) is 0 Å². The summed E-state index contributed by atoms with van der Waals surface area (Å²) in [5, 5.41) is 4.29. The molecule has 0 unspecified atom stereocenters. The third kappa shape index (κ3) is 4.32. The number of benzene rings is 1. The van der Waals surface area contributed by atoms with Gasteiger partial charge in [-0.15, -0.1) is 0 Å². The number of hydrogen-bond donors (Lipinski definition) is 1. The van der Waals surface area contributed by atoms with E-state index < -0.39 is 0 Å². The van der Waals surface area contributed by atoms with Crippen molar-refractivity contribution in [2.45, 2.75) is 52.0 Å². The fourth-order valence-electron chi connectivity index (χ4n) is 3.27. The highest BCUT2D eigenvalue weighted by Gasteiger charge is 2.27. The van der Waals surface area contributed by atoms with Gasteiger partial charge in [-0.1, -0.05) is 26.2 Å². The molecule has 1 aliphatic heterocycles. The Morgan fingerprint density at radius 1 is 1.21 bits per heavy atom. The highest BCUT2D eigenvalue weighted by molar-refractivity contribution is 7.80. The Balaban J connectivity index is 2.03. The van der Waals surface area contributed by atoms with Crippen LogP contribution >= 0.6 is 12.2 Å². The molecule has 0 aliphatic carbocycles. The Hall–Kier alpha value is -1.49. The van der Waals surface area contributed by atoms with E-state index in [9.17, 15) is 0 Å². The highest BCUT2D eigenvalue weighted by atomic mass is 32.1. The Bertz CT molecular complexity index is 563. The summed E-state index contributed by atoms with van der Waals surface area (Å²) < 4.78 is 10.9. The quantitative estimate of drug-likeness (QED) is 0.592. The molecule has 134 valence electrons. The number of fused-ring (bicyclic) bond motifs is 1. The summed E-state index contributed by atoms with van der Waals surface area (Å²) in [4.78, 5) is 2.28. The topological polar surface area (TPSA) is 33.7 Å². The SMILES string of the molecule is CCCCCCNC(=S)N1CCc2cc(OC)c(OC)cc2[C@@H]1C. The molecule has 0 spiro atoms. The van der Waals surface area contributed by atoms with Crippen molar-refractivity contribution in [1.29, 1.82) is 0 Å². The van der Waals surface area contributed by atoms with E-state index in [1.807, 2.05) is 0 Å².